The molecule has 9 heteroatoms. The summed E-state index contributed by atoms with van der Waals surface area (Å²) in [6, 6.07) is 4.01. The van der Waals surface area contributed by atoms with Crippen LogP contribution >= 0.6 is 0 Å². The second-order valence-corrected chi connectivity index (χ2v) is 9.53. The second kappa shape index (κ2) is 8.85. The third kappa shape index (κ3) is 4.27. The van der Waals surface area contributed by atoms with Crippen LogP contribution in [0.15, 0.2) is 24.4 Å². The first-order valence-corrected chi connectivity index (χ1v) is 11.8. The molecular formula is C25H30F3N5O. The molecule has 182 valence electrons. The van der Waals surface area contributed by atoms with Gasteiger partial charge in [0.2, 0.25) is 5.78 Å². The Bertz CT molecular complexity index is 1200. The first-order chi connectivity index (χ1) is 16.2. The monoisotopic (exact) mass is 473 g/mol. The summed E-state index contributed by atoms with van der Waals surface area (Å²) in [5, 5.41) is 3.43. The van der Waals surface area contributed by atoms with E-state index in [9.17, 15) is 13.2 Å². The summed E-state index contributed by atoms with van der Waals surface area (Å²) >= 11 is 0. The summed E-state index contributed by atoms with van der Waals surface area (Å²) in [5.74, 6) is 1.92. The molecule has 4 heterocycles. The van der Waals surface area contributed by atoms with Crippen molar-refractivity contribution in [3.63, 3.8) is 0 Å². The molecule has 3 aromatic rings. The molecule has 1 fully saturated rings. The van der Waals surface area contributed by atoms with Crippen LogP contribution in [0.4, 0.5) is 19.0 Å². The third-order valence-electron chi connectivity index (χ3n) is 7.15. The minimum absolute atomic E-state index is 0.241. The van der Waals surface area contributed by atoms with Crippen LogP contribution in [0.2, 0.25) is 0 Å². The largest absolute Gasteiger partial charge is 0.416 e. The maximum absolute atomic E-state index is 13.5. The number of hydrogen-bond acceptors (Lipinski definition) is 5. The zero-order valence-corrected chi connectivity index (χ0v) is 19.7. The Hall–Kier alpha value is -2.65. The second-order valence-electron chi connectivity index (χ2n) is 9.53. The van der Waals surface area contributed by atoms with Crippen LogP contribution in [0.1, 0.15) is 59.4 Å². The van der Waals surface area contributed by atoms with Gasteiger partial charge in [-0.15, -0.1) is 0 Å². The predicted molar refractivity (Wildman–Crippen MR) is 124 cm³/mol. The summed E-state index contributed by atoms with van der Waals surface area (Å²) in [7, 11) is 0. The first kappa shape index (κ1) is 23.1. The lowest BCUT2D eigenvalue weighted by Crippen LogP contribution is -2.29. The number of alkyl halides is 3. The van der Waals surface area contributed by atoms with Crippen molar-refractivity contribution in [1.82, 2.24) is 19.3 Å². The number of nitrogens with zero attached hydrogens (tertiary/aromatic N) is 4. The molecule has 2 aromatic heterocycles. The van der Waals surface area contributed by atoms with Crippen LogP contribution in [-0.2, 0) is 24.0 Å². The summed E-state index contributed by atoms with van der Waals surface area (Å²) < 4.78 is 48.0. The molecule has 1 aromatic carbocycles. The molecule has 34 heavy (non-hydrogen) atoms. The van der Waals surface area contributed by atoms with Gasteiger partial charge in [-0.3, -0.25) is 9.30 Å². The van der Waals surface area contributed by atoms with Crippen molar-refractivity contribution in [3.8, 4) is 0 Å². The van der Waals surface area contributed by atoms with Gasteiger partial charge in [0.25, 0.3) is 0 Å². The zero-order chi connectivity index (χ0) is 24.0. The summed E-state index contributed by atoms with van der Waals surface area (Å²) in [4.78, 5) is 11.7. The quantitative estimate of drug-likeness (QED) is 0.547. The molecule has 0 saturated carbocycles. The maximum atomic E-state index is 13.5. The molecular weight excluding hydrogens is 443 g/mol. The van der Waals surface area contributed by atoms with Gasteiger partial charge in [-0.2, -0.15) is 18.2 Å². The van der Waals surface area contributed by atoms with E-state index < -0.39 is 11.7 Å². The van der Waals surface area contributed by atoms with Gasteiger partial charge in [0.15, 0.2) is 0 Å². The van der Waals surface area contributed by atoms with E-state index in [-0.39, 0.29) is 11.6 Å². The van der Waals surface area contributed by atoms with Crippen LogP contribution in [0.5, 0.6) is 0 Å². The topological polar surface area (TPSA) is 54.7 Å². The molecule has 5 rings (SSSR count). The van der Waals surface area contributed by atoms with Crippen molar-refractivity contribution < 1.29 is 17.9 Å². The van der Waals surface area contributed by atoms with Crippen molar-refractivity contribution in [1.29, 1.82) is 0 Å². The lowest BCUT2D eigenvalue weighted by atomic mass is 9.97. The van der Waals surface area contributed by atoms with E-state index in [1.54, 1.807) is 6.07 Å². The number of aryl methyl sites for hydroxylation is 1. The zero-order valence-electron chi connectivity index (χ0n) is 19.7. The summed E-state index contributed by atoms with van der Waals surface area (Å²) in [6.45, 7) is 9.62. The standard InChI is InChI=1S/C25H30F3N5O/c1-15-11-29-24-31-23(30-17(3)19-5-4-6-21(16(19)2)25(26,27)28)20-13-32(14-22(20)33(15)24)12-18-7-9-34-10-8-18/h4-6,11,17-18H,7-10,12-14H2,1-3H3,(H,29,30,31). The number of hydrogen-bond donors (Lipinski definition) is 1. The Morgan fingerprint density at radius 1 is 1.18 bits per heavy atom. The molecule has 6 nitrogen and oxygen atoms in total. The highest BCUT2D eigenvalue weighted by molar-refractivity contribution is 5.56. The smallest absolute Gasteiger partial charge is 0.381 e. The number of halogens is 3. The van der Waals surface area contributed by atoms with Gasteiger partial charge in [0.1, 0.15) is 5.82 Å². The van der Waals surface area contributed by atoms with Crippen LogP contribution in [-0.4, -0.2) is 39.0 Å². The van der Waals surface area contributed by atoms with E-state index in [0.717, 1.165) is 68.7 Å². The van der Waals surface area contributed by atoms with Gasteiger partial charge < -0.3 is 10.1 Å². The number of ether oxygens (including phenoxy) is 1. The van der Waals surface area contributed by atoms with Crippen molar-refractivity contribution in [3.05, 3.63) is 58.0 Å². The van der Waals surface area contributed by atoms with Crippen LogP contribution in [0, 0.1) is 19.8 Å². The normalized spacial score (nSPS) is 18.4. The summed E-state index contributed by atoms with van der Waals surface area (Å²) in [6.07, 6.45) is -0.423. The molecule has 2 aliphatic heterocycles. The Kier molecular flexibility index (Phi) is 6.02. The predicted octanol–water partition coefficient (Wildman–Crippen LogP) is 5.28. The van der Waals surface area contributed by atoms with E-state index >= 15 is 0 Å². The van der Waals surface area contributed by atoms with Gasteiger partial charge in [-0.05, 0) is 56.7 Å². The Morgan fingerprint density at radius 3 is 2.68 bits per heavy atom. The maximum Gasteiger partial charge on any atom is 0.416 e. The van der Waals surface area contributed by atoms with Crippen LogP contribution in [0.3, 0.4) is 0 Å². The molecule has 0 aliphatic carbocycles. The number of rotatable bonds is 5. The highest BCUT2D eigenvalue weighted by Gasteiger charge is 2.34. The number of imidazole rings is 1. The van der Waals surface area contributed by atoms with Crippen molar-refractivity contribution in [2.24, 2.45) is 5.92 Å². The highest BCUT2D eigenvalue weighted by atomic mass is 19.4. The first-order valence-electron chi connectivity index (χ1n) is 11.8. The number of anilines is 1. The number of aromatic nitrogens is 3. The molecule has 0 bridgehead atoms. The van der Waals surface area contributed by atoms with E-state index in [0.29, 0.717) is 23.1 Å². The average Bonchev–Trinajstić information content (AvgIpc) is 3.37. The fraction of sp³-hybridized carbons (Fsp3) is 0.520. The van der Waals surface area contributed by atoms with E-state index in [1.807, 2.05) is 20.0 Å². The Labute approximate surface area is 197 Å². The molecule has 1 unspecified atom stereocenters. The molecule has 0 radical (unpaired) electrons. The lowest BCUT2D eigenvalue weighted by molar-refractivity contribution is -0.138. The number of benzene rings is 1. The van der Waals surface area contributed by atoms with Crippen molar-refractivity contribution in [2.45, 2.75) is 58.9 Å². The molecule has 1 atom stereocenters. The van der Waals surface area contributed by atoms with Gasteiger partial charge in [-0.25, -0.2) is 4.98 Å². The summed E-state index contributed by atoms with van der Waals surface area (Å²) in [5.41, 5.74) is 3.53. The average molecular weight is 474 g/mol. The minimum atomic E-state index is -4.38. The molecule has 2 aliphatic rings. The van der Waals surface area contributed by atoms with Gasteiger partial charge in [0.05, 0.1) is 17.8 Å². The fourth-order valence-electron chi connectivity index (χ4n) is 5.35. The Balaban J connectivity index is 1.46. The van der Waals surface area contributed by atoms with Crippen LogP contribution < -0.4 is 5.32 Å². The van der Waals surface area contributed by atoms with E-state index in [4.69, 9.17) is 9.72 Å². The lowest BCUT2D eigenvalue weighted by Gasteiger charge is -2.26. The SMILES string of the molecule is Cc1c(C(C)Nc2nc3ncc(C)n3c3c2CN(CC2CCOCC2)C3)cccc1C(F)(F)F. The highest BCUT2D eigenvalue weighted by Crippen LogP contribution is 2.37. The number of fused-ring (bicyclic) bond motifs is 3. The van der Waals surface area contributed by atoms with Gasteiger partial charge in [0, 0.05) is 49.8 Å². The van der Waals surface area contributed by atoms with Crippen molar-refractivity contribution >= 4 is 11.6 Å². The van der Waals surface area contributed by atoms with E-state index in [2.05, 4.69) is 19.6 Å². The van der Waals surface area contributed by atoms with Gasteiger partial charge >= 0.3 is 6.18 Å². The molecule has 0 spiro atoms. The minimum Gasteiger partial charge on any atom is -0.381 e. The third-order valence-corrected chi connectivity index (χ3v) is 7.15. The fourth-order valence-corrected chi connectivity index (χ4v) is 5.35. The number of nitrogens with one attached hydrogen (secondary N) is 1. The van der Waals surface area contributed by atoms with Crippen LogP contribution in [0.25, 0.3) is 5.78 Å². The Morgan fingerprint density at radius 2 is 1.94 bits per heavy atom. The van der Waals surface area contributed by atoms with E-state index in [1.165, 1.54) is 13.0 Å². The molecule has 1 N–H and O–H groups in total. The van der Waals surface area contributed by atoms with Crippen molar-refractivity contribution in [2.75, 3.05) is 25.1 Å². The molecule has 0 amide bonds. The van der Waals surface area contributed by atoms with Gasteiger partial charge in [-0.1, -0.05) is 12.1 Å². The molecule has 1 saturated heterocycles.